The van der Waals surface area contributed by atoms with Crippen LogP contribution in [0.25, 0.3) is 23.0 Å². The van der Waals surface area contributed by atoms with Gasteiger partial charge in [-0.3, -0.25) is 10.1 Å². The molecule has 0 saturated heterocycles. The van der Waals surface area contributed by atoms with Crippen LogP contribution >= 0.6 is 0 Å². The molecule has 138 valence electrons. The van der Waals surface area contributed by atoms with Crippen molar-refractivity contribution in [1.82, 2.24) is 40.2 Å². The van der Waals surface area contributed by atoms with E-state index in [1.54, 1.807) is 12.4 Å². The molecule has 0 saturated carbocycles. The van der Waals surface area contributed by atoms with Gasteiger partial charge in [-0.1, -0.05) is 0 Å². The van der Waals surface area contributed by atoms with Gasteiger partial charge >= 0.3 is 0 Å². The first-order valence-corrected chi connectivity index (χ1v) is 8.68. The summed E-state index contributed by atoms with van der Waals surface area (Å²) in [6.45, 7) is 3.24. The van der Waals surface area contributed by atoms with Gasteiger partial charge in [0.05, 0.1) is 6.54 Å². The van der Waals surface area contributed by atoms with Crippen molar-refractivity contribution in [1.29, 1.82) is 0 Å². The molecule has 9 nitrogen and oxygen atoms in total. The van der Waals surface area contributed by atoms with Gasteiger partial charge in [0.25, 0.3) is 5.89 Å². The average molecular weight is 364 g/mol. The number of aromatic nitrogens is 7. The molecule has 0 aliphatic rings. The molecule has 0 aliphatic heterocycles. The van der Waals surface area contributed by atoms with Crippen LogP contribution in [-0.2, 0) is 20.0 Å². The predicted octanol–water partition coefficient (Wildman–Crippen LogP) is 1.90. The standard InChI is InChI=1S/C18H20N8O/c1-12-5-6-14(26(12)2)18-25-23-16(27-18)11-20-9-7-15-21-17(24-22-15)13-4-3-8-19-10-13/h3-6,8,10,20H,7,9,11H2,1-2H3,(H,21,22,24). The smallest absolute Gasteiger partial charge is 0.264 e. The van der Waals surface area contributed by atoms with E-state index in [1.165, 1.54) is 0 Å². The molecule has 0 atom stereocenters. The lowest BCUT2D eigenvalue weighted by molar-refractivity contribution is 0.475. The fraction of sp³-hybridized carbons (Fsp3) is 0.278. The van der Waals surface area contributed by atoms with Crippen LogP contribution in [0.5, 0.6) is 0 Å². The number of pyridine rings is 1. The van der Waals surface area contributed by atoms with Gasteiger partial charge in [0.1, 0.15) is 11.5 Å². The molecule has 4 aromatic heterocycles. The molecular weight excluding hydrogens is 344 g/mol. The Morgan fingerprint density at radius 2 is 2.15 bits per heavy atom. The highest BCUT2D eigenvalue weighted by Crippen LogP contribution is 2.19. The Labute approximate surface area is 155 Å². The zero-order valence-corrected chi connectivity index (χ0v) is 15.2. The van der Waals surface area contributed by atoms with E-state index in [1.807, 2.05) is 42.8 Å². The fourth-order valence-electron chi connectivity index (χ4n) is 2.69. The molecule has 0 aromatic carbocycles. The third-order valence-corrected chi connectivity index (χ3v) is 4.33. The summed E-state index contributed by atoms with van der Waals surface area (Å²) >= 11 is 0. The lowest BCUT2D eigenvalue weighted by Crippen LogP contribution is -2.17. The minimum absolute atomic E-state index is 0.500. The van der Waals surface area contributed by atoms with Gasteiger partial charge in [-0.25, -0.2) is 4.98 Å². The van der Waals surface area contributed by atoms with Crippen molar-refractivity contribution >= 4 is 0 Å². The second-order valence-corrected chi connectivity index (χ2v) is 6.19. The number of aryl methyl sites for hydroxylation is 1. The number of hydrogen-bond donors (Lipinski definition) is 2. The molecule has 9 heteroatoms. The fourth-order valence-corrected chi connectivity index (χ4v) is 2.69. The predicted molar refractivity (Wildman–Crippen MR) is 98.5 cm³/mol. The van der Waals surface area contributed by atoms with E-state index in [9.17, 15) is 0 Å². The van der Waals surface area contributed by atoms with Gasteiger partial charge in [0, 0.05) is 43.7 Å². The van der Waals surface area contributed by atoms with Crippen LogP contribution in [0, 0.1) is 6.92 Å². The van der Waals surface area contributed by atoms with Gasteiger partial charge in [-0.2, -0.15) is 5.10 Å². The molecule has 0 amide bonds. The lowest BCUT2D eigenvalue weighted by Gasteiger charge is -2.00. The summed E-state index contributed by atoms with van der Waals surface area (Å²) in [5.41, 5.74) is 2.94. The number of nitrogens with one attached hydrogen (secondary N) is 2. The maximum Gasteiger partial charge on any atom is 0.264 e. The first kappa shape index (κ1) is 17.1. The maximum atomic E-state index is 5.73. The van der Waals surface area contributed by atoms with Crippen molar-refractivity contribution in [2.75, 3.05) is 6.54 Å². The second kappa shape index (κ2) is 7.50. The van der Waals surface area contributed by atoms with E-state index in [4.69, 9.17) is 4.42 Å². The van der Waals surface area contributed by atoms with E-state index in [-0.39, 0.29) is 0 Å². The van der Waals surface area contributed by atoms with Crippen LogP contribution in [0.2, 0.25) is 0 Å². The van der Waals surface area contributed by atoms with Gasteiger partial charge in [0.2, 0.25) is 5.89 Å². The monoisotopic (exact) mass is 364 g/mol. The summed E-state index contributed by atoms with van der Waals surface area (Å²) < 4.78 is 7.75. The van der Waals surface area contributed by atoms with Crippen molar-refractivity contribution in [2.45, 2.75) is 19.9 Å². The minimum Gasteiger partial charge on any atom is -0.418 e. The molecular formula is C18H20N8O. The minimum atomic E-state index is 0.500. The lowest BCUT2D eigenvalue weighted by atomic mass is 10.3. The van der Waals surface area contributed by atoms with Crippen molar-refractivity contribution in [3.63, 3.8) is 0 Å². The van der Waals surface area contributed by atoms with Gasteiger partial charge in [-0.15, -0.1) is 10.2 Å². The highest BCUT2D eigenvalue weighted by Gasteiger charge is 2.12. The summed E-state index contributed by atoms with van der Waals surface area (Å²) in [5.74, 6) is 2.54. The largest absolute Gasteiger partial charge is 0.418 e. The summed E-state index contributed by atoms with van der Waals surface area (Å²) in [7, 11) is 1.98. The number of aromatic amines is 1. The Bertz CT molecular complexity index is 1020. The summed E-state index contributed by atoms with van der Waals surface area (Å²) in [5, 5.41) is 18.7. The number of rotatable bonds is 7. The molecule has 0 spiro atoms. The Balaban J connectivity index is 1.29. The van der Waals surface area contributed by atoms with E-state index in [2.05, 4.69) is 35.7 Å². The van der Waals surface area contributed by atoms with Crippen LogP contribution in [0.3, 0.4) is 0 Å². The first-order chi connectivity index (χ1) is 13.2. The van der Waals surface area contributed by atoms with Crippen LogP contribution in [0.4, 0.5) is 0 Å². The Kier molecular flexibility index (Phi) is 4.75. The molecule has 0 aliphatic carbocycles. The molecule has 4 heterocycles. The summed E-state index contributed by atoms with van der Waals surface area (Å²) in [4.78, 5) is 8.56. The van der Waals surface area contributed by atoms with E-state index in [0.717, 1.165) is 22.8 Å². The molecule has 27 heavy (non-hydrogen) atoms. The molecule has 0 bridgehead atoms. The van der Waals surface area contributed by atoms with Crippen LogP contribution in [0.15, 0.2) is 41.1 Å². The van der Waals surface area contributed by atoms with Crippen molar-refractivity contribution < 1.29 is 4.42 Å². The summed E-state index contributed by atoms with van der Waals surface area (Å²) in [6, 6.07) is 7.79. The maximum absolute atomic E-state index is 5.73. The number of hydrogen-bond acceptors (Lipinski definition) is 7. The van der Waals surface area contributed by atoms with Crippen molar-refractivity contribution in [3.8, 4) is 23.0 Å². The Morgan fingerprint density at radius 3 is 2.93 bits per heavy atom. The molecule has 0 fully saturated rings. The van der Waals surface area contributed by atoms with Crippen LogP contribution in [0.1, 0.15) is 17.4 Å². The molecule has 2 N–H and O–H groups in total. The van der Waals surface area contributed by atoms with Crippen LogP contribution in [-0.4, -0.2) is 41.5 Å². The zero-order chi connectivity index (χ0) is 18.6. The Hall–Kier alpha value is -3.33. The van der Waals surface area contributed by atoms with Gasteiger partial charge in [0.15, 0.2) is 5.82 Å². The third kappa shape index (κ3) is 3.77. The number of H-pyrrole nitrogens is 1. The first-order valence-electron chi connectivity index (χ1n) is 8.68. The quantitative estimate of drug-likeness (QED) is 0.482. The van der Waals surface area contributed by atoms with E-state index < -0.39 is 0 Å². The zero-order valence-electron chi connectivity index (χ0n) is 15.2. The molecule has 4 aromatic rings. The SMILES string of the molecule is Cc1ccc(-c2nnc(CNCCc3nc(-c4cccnc4)n[nH]3)o2)n1C. The highest BCUT2D eigenvalue weighted by atomic mass is 16.4. The Morgan fingerprint density at radius 1 is 1.22 bits per heavy atom. The molecule has 0 unspecified atom stereocenters. The van der Waals surface area contributed by atoms with Gasteiger partial charge in [-0.05, 0) is 31.2 Å². The van der Waals surface area contributed by atoms with Gasteiger partial charge < -0.3 is 14.3 Å². The number of nitrogens with zero attached hydrogens (tertiary/aromatic N) is 6. The van der Waals surface area contributed by atoms with E-state index >= 15 is 0 Å². The highest BCUT2D eigenvalue weighted by molar-refractivity contribution is 5.52. The van der Waals surface area contributed by atoms with Crippen LogP contribution < -0.4 is 5.32 Å². The topological polar surface area (TPSA) is 110 Å². The summed E-state index contributed by atoms with van der Waals surface area (Å²) in [6.07, 6.45) is 4.18. The normalized spacial score (nSPS) is 11.2. The van der Waals surface area contributed by atoms with Crippen molar-refractivity contribution in [2.24, 2.45) is 7.05 Å². The third-order valence-electron chi connectivity index (χ3n) is 4.33. The van der Waals surface area contributed by atoms with E-state index in [0.29, 0.717) is 37.1 Å². The van der Waals surface area contributed by atoms with Crippen molar-refractivity contribution in [3.05, 3.63) is 54.1 Å². The molecule has 0 radical (unpaired) electrons. The molecule has 4 rings (SSSR count). The second-order valence-electron chi connectivity index (χ2n) is 6.19. The average Bonchev–Trinajstić information content (AvgIpc) is 3.42.